The van der Waals surface area contributed by atoms with Gasteiger partial charge in [-0.15, -0.1) is 0 Å². The second-order valence-electron chi connectivity index (χ2n) is 9.36. The maximum atomic E-state index is 14.2. The normalized spacial score (nSPS) is 19.5. The van der Waals surface area contributed by atoms with Crippen LogP contribution < -0.4 is 21.5 Å². The van der Waals surface area contributed by atoms with Crippen LogP contribution in [0.5, 0.6) is 5.75 Å². The molecule has 13 heteroatoms. The third-order valence-electron chi connectivity index (χ3n) is 6.18. The van der Waals surface area contributed by atoms with Crippen LogP contribution in [0.15, 0.2) is 34.1 Å². The highest BCUT2D eigenvalue weighted by atomic mass is 19.3. The van der Waals surface area contributed by atoms with E-state index in [1.54, 1.807) is 0 Å². The molecule has 0 unspecified atom stereocenters. The Balaban J connectivity index is 1.74. The van der Waals surface area contributed by atoms with Gasteiger partial charge in [-0.05, 0) is 31.5 Å². The van der Waals surface area contributed by atoms with E-state index < -0.39 is 58.9 Å². The number of aromatic nitrogens is 2. The van der Waals surface area contributed by atoms with E-state index in [0.29, 0.717) is 5.56 Å². The van der Waals surface area contributed by atoms with Crippen molar-refractivity contribution in [2.45, 2.75) is 37.8 Å². The van der Waals surface area contributed by atoms with Crippen LogP contribution in [0.4, 0.5) is 30.2 Å². The lowest BCUT2D eigenvalue weighted by Crippen LogP contribution is -2.44. The van der Waals surface area contributed by atoms with E-state index in [1.807, 2.05) is 0 Å². The molecule has 1 aliphatic heterocycles. The van der Waals surface area contributed by atoms with Gasteiger partial charge >= 0.3 is 0 Å². The summed E-state index contributed by atoms with van der Waals surface area (Å²) >= 11 is 0. The SMILES string of the molecule is Cc1cc(F)cnc1[C@H](Nc1c(Nc2ccnc(C(=O)N(C)C)c2O)c(=O)c1=O)[C@]1(C)CC(F)(F)CO1. The van der Waals surface area contributed by atoms with Crippen molar-refractivity contribution in [2.75, 3.05) is 31.3 Å². The summed E-state index contributed by atoms with van der Waals surface area (Å²) in [5.41, 5.74) is -3.93. The number of rotatable bonds is 7. The number of aryl methyl sites for hydroxylation is 1. The molecule has 37 heavy (non-hydrogen) atoms. The van der Waals surface area contributed by atoms with Gasteiger partial charge in [0.2, 0.25) is 0 Å². The summed E-state index contributed by atoms with van der Waals surface area (Å²) in [6, 6.07) is 1.27. The Bertz CT molecular complexity index is 1450. The fourth-order valence-electron chi connectivity index (χ4n) is 4.29. The Hall–Kier alpha value is -4.00. The minimum Gasteiger partial charge on any atom is -0.504 e. The van der Waals surface area contributed by atoms with Gasteiger partial charge in [0.05, 0.1) is 29.2 Å². The lowest BCUT2D eigenvalue weighted by Gasteiger charge is -2.35. The molecule has 1 amide bonds. The predicted octanol–water partition coefficient (Wildman–Crippen LogP) is 2.64. The van der Waals surface area contributed by atoms with E-state index in [-0.39, 0.29) is 28.5 Å². The molecule has 0 radical (unpaired) electrons. The third kappa shape index (κ3) is 4.73. The minimum atomic E-state index is -3.16. The molecule has 0 saturated carbocycles. The molecule has 0 spiro atoms. The van der Waals surface area contributed by atoms with Crippen LogP contribution >= 0.6 is 0 Å². The van der Waals surface area contributed by atoms with E-state index >= 15 is 0 Å². The molecule has 3 N–H and O–H groups in total. The number of amides is 1. The lowest BCUT2D eigenvalue weighted by molar-refractivity contribution is -0.0248. The van der Waals surface area contributed by atoms with E-state index in [2.05, 4.69) is 20.6 Å². The van der Waals surface area contributed by atoms with Crippen LogP contribution in [0.1, 0.15) is 41.1 Å². The molecule has 3 aromatic rings. The molecule has 0 aliphatic carbocycles. The third-order valence-corrected chi connectivity index (χ3v) is 6.18. The summed E-state index contributed by atoms with van der Waals surface area (Å²) in [4.78, 5) is 46.4. The molecule has 4 rings (SSSR count). The van der Waals surface area contributed by atoms with Crippen molar-refractivity contribution in [2.24, 2.45) is 0 Å². The number of carbonyl (C=O) groups is 1. The highest BCUT2D eigenvalue weighted by molar-refractivity contribution is 5.97. The maximum absolute atomic E-state index is 14.2. The summed E-state index contributed by atoms with van der Waals surface area (Å²) in [7, 11) is 2.92. The predicted molar refractivity (Wildman–Crippen MR) is 128 cm³/mol. The number of ether oxygens (including phenoxy) is 1. The second-order valence-corrected chi connectivity index (χ2v) is 9.36. The summed E-state index contributed by atoms with van der Waals surface area (Å²) in [6.07, 6.45) is 1.41. The molecule has 0 bridgehead atoms. The van der Waals surface area contributed by atoms with Crippen LogP contribution in [0.25, 0.3) is 0 Å². The molecule has 196 valence electrons. The van der Waals surface area contributed by atoms with Crippen molar-refractivity contribution in [1.29, 1.82) is 0 Å². The van der Waals surface area contributed by atoms with Gasteiger partial charge in [0.1, 0.15) is 23.8 Å². The molecule has 2 aromatic heterocycles. The number of alkyl halides is 2. The van der Waals surface area contributed by atoms with Gasteiger partial charge in [0.25, 0.3) is 22.7 Å². The highest BCUT2D eigenvalue weighted by Crippen LogP contribution is 2.46. The van der Waals surface area contributed by atoms with E-state index in [4.69, 9.17) is 4.74 Å². The number of hydrogen-bond donors (Lipinski definition) is 3. The van der Waals surface area contributed by atoms with Crippen LogP contribution in [0.3, 0.4) is 0 Å². The lowest BCUT2D eigenvalue weighted by atomic mass is 9.87. The smallest absolute Gasteiger partial charge is 0.275 e. The number of carbonyl (C=O) groups excluding carboxylic acids is 1. The summed E-state index contributed by atoms with van der Waals surface area (Å²) in [6.45, 7) is 2.06. The summed E-state index contributed by atoms with van der Waals surface area (Å²) in [5, 5.41) is 16.0. The van der Waals surface area contributed by atoms with Crippen molar-refractivity contribution in [3.05, 3.63) is 67.7 Å². The minimum absolute atomic E-state index is 0.0853. The first-order chi connectivity index (χ1) is 17.2. The Morgan fingerprint density at radius 2 is 1.89 bits per heavy atom. The zero-order valence-electron chi connectivity index (χ0n) is 20.4. The van der Waals surface area contributed by atoms with Crippen LogP contribution in [0.2, 0.25) is 0 Å². The Kier molecular flexibility index (Phi) is 6.44. The van der Waals surface area contributed by atoms with Gasteiger partial charge in [-0.2, -0.15) is 0 Å². The van der Waals surface area contributed by atoms with Gasteiger partial charge in [0.15, 0.2) is 11.4 Å². The van der Waals surface area contributed by atoms with E-state index in [1.165, 1.54) is 45.1 Å². The first-order valence-electron chi connectivity index (χ1n) is 11.1. The Morgan fingerprint density at radius 1 is 1.22 bits per heavy atom. The summed E-state index contributed by atoms with van der Waals surface area (Å²) < 4.78 is 47.5. The average molecular weight is 519 g/mol. The van der Waals surface area contributed by atoms with Crippen LogP contribution in [0, 0.1) is 12.7 Å². The fourth-order valence-corrected chi connectivity index (χ4v) is 4.29. The van der Waals surface area contributed by atoms with Crippen LogP contribution in [-0.2, 0) is 4.74 Å². The van der Waals surface area contributed by atoms with Gasteiger partial charge in [-0.25, -0.2) is 18.2 Å². The Morgan fingerprint density at radius 3 is 2.49 bits per heavy atom. The number of pyridine rings is 2. The quantitative estimate of drug-likeness (QED) is 0.403. The molecule has 1 aromatic carbocycles. The molecule has 1 fully saturated rings. The van der Waals surface area contributed by atoms with Crippen LogP contribution in [-0.4, -0.2) is 58.1 Å². The molecule has 3 heterocycles. The fraction of sp³-hybridized carbons (Fsp3) is 0.375. The molecule has 2 atom stereocenters. The van der Waals surface area contributed by atoms with E-state index in [9.17, 15) is 32.7 Å². The van der Waals surface area contributed by atoms with Crippen molar-refractivity contribution in [3.63, 3.8) is 0 Å². The molecule has 10 nitrogen and oxygen atoms in total. The van der Waals surface area contributed by atoms with Gasteiger partial charge in [-0.3, -0.25) is 19.4 Å². The molecular weight excluding hydrogens is 495 g/mol. The monoisotopic (exact) mass is 519 g/mol. The van der Waals surface area contributed by atoms with Crippen molar-refractivity contribution in [1.82, 2.24) is 14.9 Å². The van der Waals surface area contributed by atoms with Crippen molar-refractivity contribution >= 4 is 23.0 Å². The number of anilines is 3. The number of nitrogens with zero attached hydrogens (tertiary/aromatic N) is 3. The van der Waals surface area contributed by atoms with Gasteiger partial charge < -0.3 is 25.4 Å². The number of halogens is 3. The first kappa shape index (κ1) is 26.1. The van der Waals surface area contributed by atoms with Gasteiger partial charge in [0, 0.05) is 26.7 Å². The maximum Gasteiger partial charge on any atom is 0.275 e. The molecule has 1 aliphatic rings. The number of aromatic hydroxyl groups is 1. The van der Waals surface area contributed by atoms with Crippen molar-refractivity contribution < 1.29 is 27.8 Å². The zero-order valence-corrected chi connectivity index (χ0v) is 20.4. The summed E-state index contributed by atoms with van der Waals surface area (Å²) in [5.74, 6) is -4.96. The van der Waals surface area contributed by atoms with E-state index in [0.717, 1.165) is 12.3 Å². The highest BCUT2D eigenvalue weighted by Gasteiger charge is 2.53. The topological polar surface area (TPSA) is 134 Å². The van der Waals surface area contributed by atoms with Crippen molar-refractivity contribution in [3.8, 4) is 5.75 Å². The largest absolute Gasteiger partial charge is 0.504 e. The first-order valence-corrected chi connectivity index (χ1v) is 11.1. The zero-order chi connectivity index (χ0) is 27.3. The second kappa shape index (κ2) is 9.14. The molecule has 1 saturated heterocycles. The van der Waals surface area contributed by atoms with Gasteiger partial charge in [-0.1, -0.05) is 0 Å². The Labute approximate surface area is 208 Å². The average Bonchev–Trinajstić information content (AvgIpc) is 3.12. The molecular formula is C24H24F3N5O5. The standard InChI is InChI=1S/C24H24F3N5O5/c1-11-7-12(25)8-29-14(11)21(23(2)9-24(26,27)10-37-23)31-16-15(19(34)20(16)35)30-13-5-6-28-17(18(13)33)22(36)32(3)4/h5-8,21,31,33H,9-10H2,1-4H3,(H,28,30)/t21-,23-/m0/s1. The number of nitrogens with one attached hydrogen (secondary N) is 2. The number of hydrogen-bond acceptors (Lipinski definition) is 9.